The average Bonchev–Trinajstić information content (AvgIpc) is 3.09. The van der Waals surface area contributed by atoms with E-state index in [2.05, 4.69) is 5.32 Å². The molecule has 0 saturated carbocycles. The first kappa shape index (κ1) is 18.2. The van der Waals surface area contributed by atoms with Crippen LogP contribution < -0.4 is 11.1 Å². The lowest BCUT2D eigenvalue weighted by Crippen LogP contribution is -2.36. The molecule has 0 radical (unpaired) electrons. The minimum absolute atomic E-state index is 0.134. The van der Waals surface area contributed by atoms with E-state index in [-0.39, 0.29) is 24.3 Å². The fraction of sp³-hybridized carbons (Fsp3) is 0.333. The van der Waals surface area contributed by atoms with Crippen molar-refractivity contribution < 1.29 is 14.3 Å². The Morgan fingerprint density at radius 3 is 2.58 bits per heavy atom. The third-order valence-electron chi connectivity index (χ3n) is 3.67. The number of esters is 1. The molecule has 0 aliphatic heterocycles. The van der Waals surface area contributed by atoms with Gasteiger partial charge in [-0.1, -0.05) is 30.3 Å². The molecule has 1 atom stereocenters. The Kier molecular flexibility index (Phi) is 6.96. The molecule has 0 bridgehead atoms. The molecule has 3 N–H and O–H groups in total. The highest BCUT2D eigenvalue weighted by molar-refractivity contribution is 7.14. The highest BCUT2D eigenvalue weighted by Crippen LogP contribution is 2.17. The molecule has 0 saturated heterocycles. The van der Waals surface area contributed by atoms with Crippen molar-refractivity contribution in [1.82, 2.24) is 5.32 Å². The molecule has 0 aliphatic rings. The number of methoxy groups -OCH3 is 1. The third kappa shape index (κ3) is 5.47. The van der Waals surface area contributed by atoms with Crippen molar-refractivity contribution in [3.8, 4) is 0 Å². The van der Waals surface area contributed by atoms with Crippen molar-refractivity contribution in [2.75, 3.05) is 7.11 Å². The van der Waals surface area contributed by atoms with E-state index < -0.39 is 0 Å². The number of carbonyl (C=O) groups excluding carboxylic acids is 2. The van der Waals surface area contributed by atoms with Gasteiger partial charge in [-0.05, 0) is 30.5 Å². The molecule has 0 fully saturated rings. The first-order valence-electron chi connectivity index (χ1n) is 7.82. The lowest BCUT2D eigenvalue weighted by molar-refractivity contribution is -0.140. The smallest absolute Gasteiger partial charge is 0.305 e. The monoisotopic (exact) mass is 346 g/mol. The maximum atomic E-state index is 12.4. The Hall–Kier alpha value is -2.18. The van der Waals surface area contributed by atoms with Gasteiger partial charge in [0.2, 0.25) is 0 Å². The van der Waals surface area contributed by atoms with Crippen LogP contribution in [0.4, 0.5) is 0 Å². The first-order chi connectivity index (χ1) is 11.6. The molecule has 1 unspecified atom stereocenters. The largest absolute Gasteiger partial charge is 0.469 e. The number of nitrogens with two attached hydrogens (primary N) is 1. The summed E-state index contributed by atoms with van der Waals surface area (Å²) in [5.41, 5.74) is 6.70. The molecular formula is C18H22N2O3S. The summed E-state index contributed by atoms with van der Waals surface area (Å²) in [7, 11) is 1.37. The minimum atomic E-state index is -0.274. The maximum absolute atomic E-state index is 12.4. The van der Waals surface area contributed by atoms with Crippen LogP contribution in [0.1, 0.15) is 33.0 Å². The molecule has 6 heteroatoms. The van der Waals surface area contributed by atoms with E-state index >= 15 is 0 Å². The van der Waals surface area contributed by atoms with Gasteiger partial charge in [0, 0.05) is 23.9 Å². The van der Waals surface area contributed by atoms with Gasteiger partial charge in [0.15, 0.2) is 0 Å². The summed E-state index contributed by atoms with van der Waals surface area (Å²) in [6, 6.07) is 13.4. The van der Waals surface area contributed by atoms with Gasteiger partial charge < -0.3 is 15.8 Å². The van der Waals surface area contributed by atoms with Crippen molar-refractivity contribution in [2.45, 2.75) is 31.8 Å². The molecule has 0 spiro atoms. The zero-order valence-electron chi connectivity index (χ0n) is 13.7. The van der Waals surface area contributed by atoms with Gasteiger partial charge in [-0.2, -0.15) is 0 Å². The summed E-state index contributed by atoms with van der Waals surface area (Å²) in [6.45, 7) is 0.424. The van der Waals surface area contributed by atoms with E-state index in [4.69, 9.17) is 10.5 Å². The van der Waals surface area contributed by atoms with Crippen LogP contribution in [0.25, 0.3) is 0 Å². The van der Waals surface area contributed by atoms with E-state index in [9.17, 15) is 9.59 Å². The van der Waals surface area contributed by atoms with Crippen molar-refractivity contribution in [3.05, 3.63) is 57.8 Å². The van der Waals surface area contributed by atoms with Crippen LogP contribution in [-0.4, -0.2) is 25.0 Å². The van der Waals surface area contributed by atoms with Crippen LogP contribution in [-0.2, 0) is 22.5 Å². The summed E-state index contributed by atoms with van der Waals surface area (Å²) >= 11 is 1.39. The SMILES string of the molecule is COC(=O)CCC(Cc1ccccc1)NC(=O)c1ccc(CN)s1. The molecule has 1 aromatic heterocycles. The fourth-order valence-electron chi connectivity index (χ4n) is 2.38. The Bertz CT molecular complexity index is 670. The zero-order chi connectivity index (χ0) is 17.4. The summed E-state index contributed by atoms with van der Waals surface area (Å²) in [4.78, 5) is 25.4. The molecule has 24 heavy (non-hydrogen) atoms. The number of benzene rings is 1. The molecule has 2 rings (SSSR count). The standard InChI is InChI=1S/C18H22N2O3S/c1-23-17(21)10-7-14(11-13-5-3-2-4-6-13)20-18(22)16-9-8-15(12-19)24-16/h2-6,8-9,14H,7,10-12,19H2,1H3,(H,20,22). The number of hydrogen-bond acceptors (Lipinski definition) is 5. The number of ether oxygens (including phenoxy) is 1. The molecule has 1 aromatic carbocycles. The van der Waals surface area contributed by atoms with Gasteiger partial charge >= 0.3 is 5.97 Å². The molecule has 128 valence electrons. The number of thiophene rings is 1. The molecular weight excluding hydrogens is 324 g/mol. The van der Waals surface area contributed by atoms with Crippen LogP contribution in [0.3, 0.4) is 0 Å². The summed E-state index contributed by atoms with van der Waals surface area (Å²) in [5.74, 6) is -0.408. The third-order valence-corrected chi connectivity index (χ3v) is 4.78. The number of hydrogen-bond donors (Lipinski definition) is 2. The second kappa shape index (κ2) is 9.20. The second-order valence-electron chi connectivity index (χ2n) is 5.44. The zero-order valence-corrected chi connectivity index (χ0v) is 14.5. The lowest BCUT2D eigenvalue weighted by atomic mass is 10.0. The molecule has 0 aliphatic carbocycles. The van der Waals surface area contributed by atoms with Crippen molar-refractivity contribution in [2.24, 2.45) is 5.73 Å². The van der Waals surface area contributed by atoms with E-state index in [1.807, 2.05) is 36.4 Å². The minimum Gasteiger partial charge on any atom is -0.469 e. The van der Waals surface area contributed by atoms with Crippen LogP contribution in [0.15, 0.2) is 42.5 Å². The van der Waals surface area contributed by atoms with Crippen LogP contribution in [0.5, 0.6) is 0 Å². The molecule has 1 heterocycles. The van der Waals surface area contributed by atoms with Gasteiger partial charge in [-0.3, -0.25) is 9.59 Å². The normalized spacial score (nSPS) is 11.8. The van der Waals surface area contributed by atoms with Crippen molar-refractivity contribution in [1.29, 1.82) is 0 Å². The van der Waals surface area contributed by atoms with E-state index in [0.29, 0.717) is 24.3 Å². The van der Waals surface area contributed by atoms with Gasteiger partial charge in [-0.15, -0.1) is 11.3 Å². The average molecular weight is 346 g/mol. The highest BCUT2D eigenvalue weighted by atomic mass is 32.1. The highest BCUT2D eigenvalue weighted by Gasteiger charge is 2.17. The lowest BCUT2D eigenvalue weighted by Gasteiger charge is -2.18. The van der Waals surface area contributed by atoms with Crippen molar-refractivity contribution in [3.63, 3.8) is 0 Å². The summed E-state index contributed by atoms with van der Waals surface area (Å²) in [6.07, 6.45) is 1.47. The summed E-state index contributed by atoms with van der Waals surface area (Å²) < 4.78 is 4.69. The predicted octanol–water partition coefficient (Wildman–Crippen LogP) is 2.50. The van der Waals surface area contributed by atoms with Gasteiger partial charge in [0.1, 0.15) is 0 Å². The van der Waals surface area contributed by atoms with E-state index in [1.54, 1.807) is 6.07 Å². The van der Waals surface area contributed by atoms with Gasteiger partial charge in [-0.25, -0.2) is 0 Å². The number of rotatable bonds is 8. The quantitative estimate of drug-likeness (QED) is 0.720. The maximum Gasteiger partial charge on any atom is 0.305 e. The van der Waals surface area contributed by atoms with E-state index in [0.717, 1.165) is 10.4 Å². The van der Waals surface area contributed by atoms with Crippen LogP contribution in [0.2, 0.25) is 0 Å². The predicted molar refractivity (Wildman–Crippen MR) is 94.9 cm³/mol. The number of carbonyl (C=O) groups is 2. The topological polar surface area (TPSA) is 81.4 Å². The Morgan fingerprint density at radius 2 is 1.96 bits per heavy atom. The number of nitrogens with one attached hydrogen (secondary N) is 1. The van der Waals surface area contributed by atoms with Crippen LogP contribution in [0, 0.1) is 0 Å². The summed E-state index contributed by atoms with van der Waals surface area (Å²) in [5, 5.41) is 3.02. The Balaban J connectivity index is 2.03. The van der Waals surface area contributed by atoms with Crippen LogP contribution >= 0.6 is 11.3 Å². The molecule has 1 amide bonds. The number of amides is 1. The van der Waals surface area contributed by atoms with E-state index in [1.165, 1.54) is 18.4 Å². The first-order valence-corrected chi connectivity index (χ1v) is 8.64. The molecule has 2 aromatic rings. The van der Waals surface area contributed by atoms with Gasteiger partial charge in [0.25, 0.3) is 5.91 Å². The van der Waals surface area contributed by atoms with Gasteiger partial charge in [0.05, 0.1) is 12.0 Å². The van der Waals surface area contributed by atoms with Crippen molar-refractivity contribution >= 4 is 23.2 Å². The fourth-order valence-corrected chi connectivity index (χ4v) is 3.17. The Morgan fingerprint density at radius 1 is 1.21 bits per heavy atom. The Labute approximate surface area is 145 Å². The second-order valence-corrected chi connectivity index (χ2v) is 6.61. The molecule has 5 nitrogen and oxygen atoms in total.